The summed E-state index contributed by atoms with van der Waals surface area (Å²) < 4.78 is 57.5. The minimum Gasteiger partial charge on any atom is -0.456 e. The van der Waals surface area contributed by atoms with Gasteiger partial charge in [-0.3, -0.25) is 9.59 Å². The summed E-state index contributed by atoms with van der Waals surface area (Å²) in [7, 11) is 0. The lowest BCUT2D eigenvalue weighted by Gasteiger charge is -2.30. The Kier molecular flexibility index (Phi) is 10.6. The van der Waals surface area contributed by atoms with E-state index in [1.54, 1.807) is 12.1 Å². The number of carbonyl (C=O) groups excluding carboxylic acids is 4. The van der Waals surface area contributed by atoms with Crippen molar-refractivity contribution >= 4 is 29.8 Å². The van der Waals surface area contributed by atoms with Crippen molar-refractivity contribution in [3.8, 4) is 0 Å². The largest absolute Gasteiger partial charge is 0.456 e. The van der Waals surface area contributed by atoms with Gasteiger partial charge in [0.2, 0.25) is 11.8 Å². The molecule has 14 heteroatoms. The molecule has 0 spiro atoms. The SMILES string of the molecule is O=C(CCNC(=O)C1=C[C@H]2OCO[C@H]2[C@H](OC(=O)c2ccccc2C=CC(=O)OCC(F)(F)F)C1)NCCO. The highest BCUT2D eigenvalue weighted by Crippen LogP contribution is 2.31. The van der Waals surface area contributed by atoms with Gasteiger partial charge in [0.15, 0.2) is 6.61 Å². The number of halogens is 3. The number of carbonyl (C=O) groups is 4. The average molecular weight is 556 g/mol. The first-order chi connectivity index (χ1) is 18.6. The van der Waals surface area contributed by atoms with Gasteiger partial charge >= 0.3 is 18.1 Å². The maximum Gasteiger partial charge on any atom is 0.422 e. The van der Waals surface area contributed by atoms with Crippen LogP contribution >= 0.6 is 0 Å². The summed E-state index contributed by atoms with van der Waals surface area (Å²) in [6.45, 7) is -1.89. The molecule has 0 aromatic heterocycles. The Bertz CT molecular complexity index is 1120. The van der Waals surface area contributed by atoms with Crippen molar-refractivity contribution in [1.82, 2.24) is 10.6 Å². The second-order valence-electron chi connectivity index (χ2n) is 8.44. The molecule has 1 aliphatic carbocycles. The topological polar surface area (TPSA) is 149 Å². The monoisotopic (exact) mass is 556 g/mol. The Morgan fingerprint density at radius 3 is 2.62 bits per heavy atom. The van der Waals surface area contributed by atoms with Crippen molar-refractivity contribution in [3.05, 3.63) is 53.1 Å². The maximum absolute atomic E-state index is 13.0. The van der Waals surface area contributed by atoms with Crippen LogP contribution in [0.5, 0.6) is 0 Å². The Hall–Kier alpha value is -3.75. The van der Waals surface area contributed by atoms with Crippen LogP contribution in [0.4, 0.5) is 13.2 Å². The molecule has 212 valence electrons. The summed E-state index contributed by atoms with van der Waals surface area (Å²) in [5.41, 5.74) is 0.466. The summed E-state index contributed by atoms with van der Waals surface area (Å²) in [6.07, 6.45) is -3.50. The number of amides is 2. The maximum atomic E-state index is 13.0. The summed E-state index contributed by atoms with van der Waals surface area (Å²) in [5.74, 6) is -2.89. The zero-order valence-corrected chi connectivity index (χ0v) is 20.6. The molecule has 1 heterocycles. The molecule has 1 aliphatic heterocycles. The first kappa shape index (κ1) is 29.8. The zero-order chi connectivity index (χ0) is 28.4. The van der Waals surface area contributed by atoms with Crippen molar-refractivity contribution in [2.24, 2.45) is 0 Å². The van der Waals surface area contributed by atoms with E-state index in [-0.39, 0.29) is 61.9 Å². The highest BCUT2D eigenvalue weighted by Gasteiger charge is 2.42. The smallest absolute Gasteiger partial charge is 0.422 e. The van der Waals surface area contributed by atoms with Gasteiger partial charge in [0, 0.05) is 37.6 Å². The van der Waals surface area contributed by atoms with E-state index >= 15 is 0 Å². The number of nitrogens with one attached hydrogen (secondary N) is 2. The predicted octanol–water partition coefficient (Wildman–Crippen LogP) is 1.02. The average Bonchev–Trinajstić information content (AvgIpc) is 3.38. The summed E-state index contributed by atoms with van der Waals surface area (Å²) in [6, 6.07) is 5.95. The van der Waals surface area contributed by atoms with E-state index in [4.69, 9.17) is 19.3 Å². The second-order valence-corrected chi connectivity index (χ2v) is 8.44. The number of esters is 2. The van der Waals surface area contributed by atoms with Crippen LogP contribution in [0.2, 0.25) is 0 Å². The predicted molar refractivity (Wildman–Crippen MR) is 127 cm³/mol. The molecule has 3 N–H and O–H groups in total. The second kappa shape index (κ2) is 13.9. The van der Waals surface area contributed by atoms with Crippen LogP contribution in [-0.4, -0.2) is 86.4 Å². The number of ether oxygens (including phenoxy) is 4. The van der Waals surface area contributed by atoms with Gasteiger partial charge in [-0.1, -0.05) is 18.2 Å². The molecule has 3 atom stereocenters. The highest BCUT2D eigenvalue weighted by molar-refractivity contribution is 5.96. The number of alkyl halides is 3. The molecule has 11 nitrogen and oxygen atoms in total. The lowest BCUT2D eigenvalue weighted by Crippen LogP contribution is -2.43. The molecule has 2 aliphatic rings. The molecule has 1 fully saturated rings. The van der Waals surface area contributed by atoms with Gasteiger partial charge in [-0.15, -0.1) is 0 Å². The molecule has 0 saturated carbocycles. The molecule has 3 rings (SSSR count). The van der Waals surface area contributed by atoms with E-state index in [1.807, 2.05) is 0 Å². The molecular formula is C25H27F3N2O9. The summed E-state index contributed by atoms with van der Waals surface area (Å²) >= 11 is 0. The minimum atomic E-state index is -4.67. The van der Waals surface area contributed by atoms with Crippen LogP contribution in [0.3, 0.4) is 0 Å². The number of fused-ring (bicyclic) bond motifs is 1. The molecule has 2 amide bonds. The summed E-state index contributed by atoms with van der Waals surface area (Å²) in [5, 5.41) is 13.8. The van der Waals surface area contributed by atoms with Crippen LogP contribution in [0.25, 0.3) is 6.08 Å². The van der Waals surface area contributed by atoms with Crippen LogP contribution in [-0.2, 0) is 33.3 Å². The van der Waals surface area contributed by atoms with Crippen molar-refractivity contribution < 1.29 is 56.4 Å². The fraction of sp³-hybridized carbons (Fsp3) is 0.440. The minimum absolute atomic E-state index is 0.00283. The Morgan fingerprint density at radius 1 is 1.10 bits per heavy atom. The summed E-state index contributed by atoms with van der Waals surface area (Å²) in [4.78, 5) is 49.0. The lowest BCUT2D eigenvalue weighted by molar-refractivity contribution is -0.182. The van der Waals surface area contributed by atoms with E-state index < -0.39 is 48.9 Å². The van der Waals surface area contributed by atoms with E-state index in [0.29, 0.717) is 0 Å². The van der Waals surface area contributed by atoms with Gasteiger partial charge in [-0.25, -0.2) is 9.59 Å². The normalized spacial score (nSPS) is 20.6. The molecule has 0 bridgehead atoms. The zero-order valence-electron chi connectivity index (χ0n) is 20.6. The number of benzene rings is 1. The van der Waals surface area contributed by atoms with Gasteiger partial charge in [0.1, 0.15) is 25.1 Å². The molecule has 1 saturated heterocycles. The first-order valence-corrected chi connectivity index (χ1v) is 11.9. The van der Waals surface area contributed by atoms with Gasteiger partial charge < -0.3 is 34.7 Å². The fourth-order valence-electron chi connectivity index (χ4n) is 3.80. The van der Waals surface area contributed by atoms with E-state index in [2.05, 4.69) is 15.4 Å². The third-order valence-electron chi connectivity index (χ3n) is 5.58. The molecule has 1 aromatic rings. The number of hydrogen-bond acceptors (Lipinski definition) is 9. The molecular weight excluding hydrogens is 529 g/mol. The number of hydrogen-bond donors (Lipinski definition) is 3. The Balaban J connectivity index is 1.63. The number of rotatable bonds is 11. The lowest BCUT2D eigenvalue weighted by atomic mass is 9.91. The fourth-order valence-corrected chi connectivity index (χ4v) is 3.80. The van der Waals surface area contributed by atoms with Crippen LogP contribution in [0.15, 0.2) is 42.0 Å². The molecule has 0 radical (unpaired) electrons. The molecule has 39 heavy (non-hydrogen) atoms. The van der Waals surface area contributed by atoms with Gasteiger partial charge in [0.25, 0.3) is 0 Å². The van der Waals surface area contributed by atoms with E-state index in [0.717, 1.165) is 12.2 Å². The molecule has 1 aromatic carbocycles. The van der Waals surface area contributed by atoms with Crippen molar-refractivity contribution in [2.45, 2.75) is 37.3 Å². The van der Waals surface area contributed by atoms with Crippen LogP contribution < -0.4 is 10.6 Å². The van der Waals surface area contributed by atoms with Crippen molar-refractivity contribution in [2.75, 3.05) is 33.1 Å². The van der Waals surface area contributed by atoms with E-state index in [9.17, 15) is 32.3 Å². The van der Waals surface area contributed by atoms with Gasteiger partial charge in [-0.2, -0.15) is 13.2 Å². The third kappa shape index (κ3) is 9.19. The first-order valence-electron chi connectivity index (χ1n) is 11.9. The Labute approximate surface area is 220 Å². The van der Waals surface area contributed by atoms with Crippen molar-refractivity contribution in [3.63, 3.8) is 0 Å². The standard InChI is InChI=1S/C25H27F3N2O9/c26-25(27,28)13-36-21(33)6-5-15-3-1-2-4-17(15)24(35)39-19-12-16(11-18-22(19)38-14-37-18)23(34)30-8-7-20(32)29-9-10-31/h1-6,11,18-19,22,31H,7-10,12-14H2,(H,29,32)(H,30,34)/t18-,19-,22-/m1/s1. The van der Waals surface area contributed by atoms with Crippen LogP contribution in [0, 0.1) is 0 Å². The van der Waals surface area contributed by atoms with E-state index in [1.165, 1.54) is 18.2 Å². The van der Waals surface area contributed by atoms with Crippen LogP contribution in [0.1, 0.15) is 28.8 Å². The van der Waals surface area contributed by atoms with Gasteiger partial charge in [-0.05, 0) is 23.8 Å². The number of aliphatic hydroxyl groups is 1. The van der Waals surface area contributed by atoms with Gasteiger partial charge in [0.05, 0.1) is 12.2 Å². The molecule has 0 unspecified atom stereocenters. The quantitative estimate of drug-likeness (QED) is 0.268. The highest BCUT2D eigenvalue weighted by atomic mass is 19.4. The number of aliphatic hydroxyl groups excluding tert-OH is 1. The Morgan fingerprint density at radius 2 is 1.87 bits per heavy atom. The third-order valence-corrected chi connectivity index (χ3v) is 5.58. The van der Waals surface area contributed by atoms with Crippen molar-refractivity contribution in [1.29, 1.82) is 0 Å².